The van der Waals surface area contributed by atoms with Crippen LogP contribution >= 0.6 is 0 Å². The van der Waals surface area contributed by atoms with Crippen LogP contribution < -0.4 is 10.2 Å². The van der Waals surface area contributed by atoms with E-state index in [4.69, 9.17) is 0 Å². The number of hydrogen-bond donors (Lipinski definition) is 0. The average molecular weight is 599 g/mol. The predicted molar refractivity (Wildman–Crippen MR) is 147 cm³/mol. The molecule has 0 bridgehead atoms. The van der Waals surface area contributed by atoms with Crippen molar-refractivity contribution < 1.29 is 19.8 Å². The van der Waals surface area contributed by atoms with Crippen LogP contribution in [0.1, 0.15) is 156 Å². The van der Waals surface area contributed by atoms with Gasteiger partial charge in [0.15, 0.2) is 0 Å². The van der Waals surface area contributed by atoms with Gasteiger partial charge in [0.2, 0.25) is 0 Å². The van der Waals surface area contributed by atoms with Crippen LogP contribution in [-0.2, 0) is 9.59 Å². The van der Waals surface area contributed by atoms with Crippen LogP contribution in [0.25, 0.3) is 0 Å². The first-order chi connectivity index (χ1) is 17.0. The first-order valence-corrected chi connectivity index (χ1v) is 18.8. The summed E-state index contributed by atoms with van der Waals surface area (Å²) in [6.45, 7) is 8.92. The first kappa shape index (κ1) is 36.6. The Bertz CT molecular complexity index is 472. The van der Waals surface area contributed by atoms with Crippen molar-refractivity contribution in [2.75, 3.05) is 0 Å². The quantitative estimate of drug-likeness (QED) is 0.0668. The molecule has 0 aliphatic rings. The molecule has 35 heavy (non-hydrogen) atoms. The molecule has 0 aromatic rings. The molecule has 4 nitrogen and oxygen atoms in total. The second-order valence-electron chi connectivity index (χ2n) is 9.73. The first-order valence-electron chi connectivity index (χ1n) is 14.8. The number of carbonyl (C=O) groups is 2. The van der Waals surface area contributed by atoms with Gasteiger partial charge >= 0.3 is 69.5 Å². The number of carbonyl (C=O) groups excluding carboxylic acids is 2. The molecule has 0 aromatic carbocycles. The zero-order valence-electron chi connectivity index (χ0n) is 23.7. The van der Waals surface area contributed by atoms with Gasteiger partial charge in [-0.25, -0.2) is 0 Å². The second-order valence-corrected chi connectivity index (χ2v) is 14.0. The Morgan fingerprint density at radius 2 is 0.743 bits per heavy atom. The van der Waals surface area contributed by atoms with Gasteiger partial charge in [0.1, 0.15) is 0 Å². The third kappa shape index (κ3) is 26.4. The van der Waals surface area contributed by atoms with Crippen molar-refractivity contribution in [1.82, 2.24) is 0 Å². The summed E-state index contributed by atoms with van der Waals surface area (Å²) in [4.78, 5) is 22.8. The molecule has 0 spiro atoms. The fraction of sp³-hybridized carbons (Fsp3) is 0.867. The zero-order valence-corrected chi connectivity index (χ0v) is 26.5. The van der Waals surface area contributed by atoms with Gasteiger partial charge in [-0.3, -0.25) is 0 Å². The van der Waals surface area contributed by atoms with Gasteiger partial charge in [0.25, 0.3) is 0 Å². The van der Waals surface area contributed by atoms with Crippen molar-refractivity contribution in [3.8, 4) is 0 Å². The van der Waals surface area contributed by atoms with Gasteiger partial charge in [-0.1, -0.05) is 90.9 Å². The fourth-order valence-corrected chi connectivity index (χ4v) is 8.16. The van der Waals surface area contributed by atoms with E-state index < -0.39 is 11.9 Å². The van der Waals surface area contributed by atoms with Crippen molar-refractivity contribution in [2.45, 2.75) is 165 Å². The molecule has 0 N–H and O–H groups in total. The normalized spacial score (nSPS) is 11.3. The van der Waals surface area contributed by atoms with E-state index in [1.807, 2.05) is 0 Å². The molecule has 0 aliphatic carbocycles. The van der Waals surface area contributed by atoms with E-state index >= 15 is 0 Å². The van der Waals surface area contributed by atoms with Crippen molar-refractivity contribution in [2.24, 2.45) is 0 Å². The minimum atomic E-state index is -1.35. The van der Waals surface area contributed by atoms with Gasteiger partial charge in [-0.15, -0.1) is 0 Å². The molecule has 0 atom stereocenters. The van der Waals surface area contributed by atoms with E-state index in [0.717, 1.165) is 38.5 Å². The van der Waals surface area contributed by atoms with E-state index in [1.54, 1.807) is 8.87 Å². The molecule has 0 heterocycles. The Balaban J connectivity index is 0. The molecule has 0 saturated carbocycles. The summed E-state index contributed by atoms with van der Waals surface area (Å²) in [6, 6.07) is 0. The molecule has 5 heteroatoms. The molecule has 0 amide bonds. The van der Waals surface area contributed by atoms with E-state index in [2.05, 4.69) is 27.7 Å². The fourth-order valence-electron chi connectivity index (χ4n) is 4.00. The average Bonchev–Trinajstić information content (AvgIpc) is 2.83. The zero-order chi connectivity index (χ0) is 26.6. The molecular formula is C30H56O4Sn. The monoisotopic (exact) mass is 600 g/mol. The van der Waals surface area contributed by atoms with Crippen LogP contribution in [0.15, 0.2) is 11.1 Å². The maximum absolute atomic E-state index is 11.4. The van der Waals surface area contributed by atoms with Crippen LogP contribution in [-0.4, -0.2) is 33.1 Å². The van der Waals surface area contributed by atoms with E-state index in [1.165, 1.54) is 64.2 Å². The number of unbranched alkanes of at least 4 members (excludes halogenated alkanes) is 14. The van der Waals surface area contributed by atoms with Crippen molar-refractivity contribution in [1.29, 1.82) is 0 Å². The number of carboxylic acids is 2. The Labute approximate surface area is 228 Å². The molecule has 0 aromatic heterocycles. The molecule has 0 unspecified atom stereocenters. The summed E-state index contributed by atoms with van der Waals surface area (Å²) in [7, 11) is 0. The SMILES string of the molecule is CCCCCCCCC/C(C(=O)[O-])=C(\CCCCCCCCC)C(=O)[O-].CCC[CH2][Sn+2][CH2]CCC. The number of aliphatic carboxylic acids is 2. The molecule has 0 aliphatic heterocycles. The van der Waals surface area contributed by atoms with Gasteiger partial charge < -0.3 is 19.8 Å². The van der Waals surface area contributed by atoms with Crippen molar-refractivity contribution in [3.63, 3.8) is 0 Å². The maximum atomic E-state index is 11.4. The minimum absolute atomic E-state index is 0.0514. The molecule has 0 rings (SSSR count). The van der Waals surface area contributed by atoms with E-state index in [0.29, 0.717) is 12.8 Å². The van der Waals surface area contributed by atoms with E-state index in [9.17, 15) is 19.8 Å². The van der Waals surface area contributed by atoms with Gasteiger partial charge in [0, 0.05) is 0 Å². The summed E-state index contributed by atoms with van der Waals surface area (Å²) in [5, 5.41) is 22.8. The summed E-state index contributed by atoms with van der Waals surface area (Å²) in [6.07, 6.45) is 21.4. The van der Waals surface area contributed by atoms with Crippen molar-refractivity contribution >= 4 is 33.1 Å². The van der Waals surface area contributed by atoms with Crippen LogP contribution in [0, 0.1) is 0 Å². The molecule has 0 fully saturated rings. The van der Waals surface area contributed by atoms with Crippen LogP contribution in [0.4, 0.5) is 0 Å². The number of rotatable bonds is 24. The summed E-state index contributed by atoms with van der Waals surface area (Å²) >= 11 is 0.149. The Hall–Kier alpha value is -0.521. The summed E-state index contributed by atoms with van der Waals surface area (Å²) in [5.74, 6) is -2.70. The molecule has 0 radical (unpaired) electrons. The summed E-state index contributed by atoms with van der Waals surface area (Å²) < 4.78 is 3.25. The predicted octanol–water partition coefficient (Wildman–Crippen LogP) is 7.19. The third-order valence-electron chi connectivity index (χ3n) is 6.33. The van der Waals surface area contributed by atoms with Gasteiger partial charge in [-0.2, -0.15) is 0 Å². The van der Waals surface area contributed by atoms with Crippen LogP contribution in [0.2, 0.25) is 8.87 Å². The second kappa shape index (κ2) is 29.7. The topological polar surface area (TPSA) is 80.3 Å². The van der Waals surface area contributed by atoms with Gasteiger partial charge in [-0.05, 0) is 36.8 Å². The Morgan fingerprint density at radius 1 is 0.457 bits per heavy atom. The number of carboxylic acid groups (broad SMARTS) is 2. The molecule has 204 valence electrons. The third-order valence-corrected chi connectivity index (χ3v) is 10.4. The Kier molecular flexibility index (Phi) is 31.1. The molecular weight excluding hydrogens is 543 g/mol. The van der Waals surface area contributed by atoms with Crippen LogP contribution in [0.5, 0.6) is 0 Å². The van der Waals surface area contributed by atoms with E-state index in [-0.39, 0.29) is 45.1 Å². The van der Waals surface area contributed by atoms with Crippen molar-refractivity contribution in [3.05, 3.63) is 11.1 Å². The van der Waals surface area contributed by atoms with Crippen LogP contribution in [0.3, 0.4) is 0 Å². The Morgan fingerprint density at radius 3 is 1.03 bits per heavy atom. The summed E-state index contributed by atoms with van der Waals surface area (Å²) in [5.41, 5.74) is -0.103. The standard InChI is InChI=1S/C22H40O4.2C4H9.Sn/c1-3-5-7-9-11-13-15-17-19(21(23)24)20(22(25)26)18-16-14-12-10-8-6-4-2;2*1-3-4-2;/h3-18H2,1-2H3,(H,23,24)(H,25,26);2*1,3-4H2,2H3;/q;;;+2/p-2/b20-19-;;;. The number of hydrogen-bond acceptors (Lipinski definition) is 4. The molecule has 0 saturated heterocycles. The van der Waals surface area contributed by atoms with Gasteiger partial charge in [0.05, 0.1) is 11.9 Å².